The van der Waals surface area contributed by atoms with Crippen molar-refractivity contribution in [3.05, 3.63) is 23.7 Å². The number of aromatic amines is 1. The van der Waals surface area contributed by atoms with Gasteiger partial charge in [0.05, 0.1) is 6.67 Å². The van der Waals surface area contributed by atoms with Crippen LogP contribution in [0, 0.1) is 12.8 Å². The predicted octanol–water partition coefficient (Wildman–Crippen LogP) is 2.27. The number of halogens is 1. The Bertz CT molecular complexity index is 914. The van der Waals surface area contributed by atoms with Gasteiger partial charge in [-0.05, 0) is 19.8 Å². The number of hydrogen-bond acceptors (Lipinski definition) is 5. The quantitative estimate of drug-likeness (QED) is 0.816. The smallest absolute Gasteiger partial charge is 0.262 e. The maximum absolute atomic E-state index is 13.7. The van der Waals surface area contributed by atoms with Crippen molar-refractivity contribution in [3.8, 4) is 0 Å². The first kappa shape index (κ1) is 19.5. The summed E-state index contributed by atoms with van der Waals surface area (Å²) < 4.78 is 42.7. The van der Waals surface area contributed by atoms with Crippen molar-refractivity contribution in [2.24, 2.45) is 13.0 Å². The zero-order valence-electron chi connectivity index (χ0n) is 16.3. The Hall–Kier alpha value is -1.81. The number of nitrogens with one attached hydrogen (secondary N) is 1. The van der Waals surface area contributed by atoms with Gasteiger partial charge in [0.1, 0.15) is 11.6 Å². The highest BCUT2D eigenvalue weighted by Gasteiger charge is 2.42. The Kier molecular flexibility index (Phi) is 5.26. The largest absolute Gasteiger partial charge is 0.337 e. The molecule has 4 rings (SSSR count). The van der Waals surface area contributed by atoms with Crippen LogP contribution < -0.4 is 0 Å². The van der Waals surface area contributed by atoms with E-state index >= 15 is 0 Å². The van der Waals surface area contributed by atoms with E-state index in [1.54, 1.807) is 18.5 Å². The van der Waals surface area contributed by atoms with Crippen molar-refractivity contribution in [3.63, 3.8) is 0 Å². The van der Waals surface area contributed by atoms with Crippen LogP contribution in [0.3, 0.4) is 0 Å². The van der Waals surface area contributed by atoms with Crippen LogP contribution in [0.2, 0.25) is 0 Å². The van der Waals surface area contributed by atoms with Crippen molar-refractivity contribution in [2.45, 2.75) is 55.9 Å². The summed E-state index contributed by atoms with van der Waals surface area (Å²) in [5.74, 6) is 1.58. The Balaban J connectivity index is 1.55. The maximum Gasteiger partial charge on any atom is 0.262 e. The molecule has 2 aromatic heterocycles. The summed E-state index contributed by atoms with van der Waals surface area (Å²) >= 11 is 0. The van der Waals surface area contributed by atoms with E-state index in [9.17, 15) is 12.8 Å². The lowest BCUT2D eigenvalue weighted by Crippen LogP contribution is -2.29. The molecule has 2 aliphatic rings. The van der Waals surface area contributed by atoms with Crippen LogP contribution in [0.4, 0.5) is 4.39 Å². The van der Waals surface area contributed by atoms with Gasteiger partial charge in [0, 0.05) is 44.1 Å². The van der Waals surface area contributed by atoms with Crippen molar-refractivity contribution < 1.29 is 12.8 Å². The van der Waals surface area contributed by atoms with E-state index in [4.69, 9.17) is 0 Å². The SMILES string of the molecule is Cc1nc(S(=O)(=O)N2C[C@@H](CF)[C@H](c3nc(C4CCCCC4)n[nH]3)C2)cn1C. The third kappa shape index (κ3) is 3.47. The first-order chi connectivity index (χ1) is 13.4. The van der Waals surface area contributed by atoms with Crippen LogP contribution >= 0.6 is 0 Å². The number of aromatic nitrogens is 5. The molecule has 28 heavy (non-hydrogen) atoms. The van der Waals surface area contributed by atoms with Crippen LogP contribution in [0.5, 0.6) is 0 Å². The highest BCUT2D eigenvalue weighted by Crippen LogP contribution is 2.36. The molecular formula is C18H27FN6O2S. The van der Waals surface area contributed by atoms with E-state index in [0.29, 0.717) is 17.6 Å². The molecule has 1 aliphatic carbocycles. The van der Waals surface area contributed by atoms with Gasteiger partial charge in [-0.15, -0.1) is 0 Å². The molecule has 0 amide bonds. The predicted molar refractivity (Wildman–Crippen MR) is 101 cm³/mol. The molecule has 1 aliphatic heterocycles. The van der Waals surface area contributed by atoms with E-state index < -0.39 is 22.6 Å². The third-order valence-electron chi connectivity index (χ3n) is 6.14. The van der Waals surface area contributed by atoms with Crippen molar-refractivity contribution >= 4 is 10.0 Å². The van der Waals surface area contributed by atoms with Crippen LogP contribution in [-0.4, -0.2) is 57.2 Å². The molecule has 0 bridgehead atoms. The molecule has 1 saturated carbocycles. The highest BCUT2D eigenvalue weighted by atomic mass is 32.2. The molecule has 0 spiro atoms. The summed E-state index contributed by atoms with van der Waals surface area (Å²) in [6.45, 7) is 1.46. The fraction of sp³-hybridized carbons (Fsp3) is 0.722. The minimum Gasteiger partial charge on any atom is -0.337 e. The molecule has 0 aromatic carbocycles. The summed E-state index contributed by atoms with van der Waals surface area (Å²) in [4.78, 5) is 8.79. The second kappa shape index (κ2) is 7.55. The first-order valence-electron chi connectivity index (χ1n) is 9.88. The third-order valence-corrected chi connectivity index (χ3v) is 7.84. The number of aryl methyl sites for hydroxylation is 2. The summed E-state index contributed by atoms with van der Waals surface area (Å²) in [6.07, 6.45) is 7.27. The van der Waals surface area contributed by atoms with Crippen LogP contribution in [0.1, 0.15) is 61.4 Å². The fourth-order valence-corrected chi connectivity index (χ4v) is 5.82. The number of nitrogens with zero attached hydrogens (tertiary/aromatic N) is 5. The summed E-state index contributed by atoms with van der Waals surface area (Å²) in [5.41, 5.74) is 0. The topological polar surface area (TPSA) is 96.8 Å². The second-order valence-corrected chi connectivity index (χ2v) is 9.88. The number of sulfonamides is 1. The Morgan fingerprint density at radius 2 is 1.96 bits per heavy atom. The minimum atomic E-state index is -3.77. The molecule has 2 aromatic rings. The lowest BCUT2D eigenvalue weighted by Gasteiger charge is -2.18. The number of hydrogen-bond donors (Lipinski definition) is 1. The summed E-state index contributed by atoms with van der Waals surface area (Å²) in [7, 11) is -2.02. The number of imidazole rings is 1. The molecule has 154 valence electrons. The molecule has 0 unspecified atom stereocenters. The lowest BCUT2D eigenvalue weighted by molar-refractivity contribution is 0.345. The summed E-state index contributed by atoms with van der Waals surface area (Å²) in [5, 5.41) is 7.34. The zero-order valence-corrected chi connectivity index (χ0v) is 17.1. The number of rotatable bonds is 5. The summed E-state index contributed by atoms with van der Waals surface area (Å²) in [6, 6.07) is 0. The van der Waals surface area contributed by atoms with E-state index in [-0.39, 0.29) is 24.0 Å². The molecule has 10 heteroatoms. The Morgan fingerprint density at radius 1 is 1.21 bits per heavy atom. The van der Waals surface area contributed by atoms with Gasteiger partial charge in [-0.2, -0.15) is 9.40 Å². The lowest BCUT2D eigenvalue weighted by atomic mass is 9.89. The average Bonchev–Trinajstić information content (AvgIpc) is 3.41. The van der Waals surface area contributed by atoms with Gasteiger partial charge in [0.15, 0.2) is 10.9 Å². The molecule has 1 saturated heterocycles. The molecule has 1 N–H and O–H groups in total. The standard InChI is InChI=1S/C18H27FN6O2S/c1-12-20-16(11-24(12)2)28(26,27)25-9-14(8-19)15(10-25)18-21-17(22-23-18)13-6-4-3-5-7-13/h11,13-15H,3-10H2,1-2H3,(H,21,22,23)/t14-,15-/m1/s1. The average molecular weight is 411 g/mol. The monoisotopic (exact) mass is 410 g/mol. The minimum absolute atomic E-state index is 0.00576. The Labute approximate surface area is 164 Å². The maximum atomic E-state index is 13.7. The van der Waals surface area contributed by atoms with Gasteiger partial charge >= 0.3 is 0 Å². The van der Waals surface area contributed by atoms with Gasteiger partial charge in [0.2, 0.25) is 0 Å². The molecule has 2 fully saturated rings. The van der Waals surface area contributed by atoms with Crippen LogP contribution in [0.25, 0.3) is 0 Å². The Morgan fingerprint density at radius 3 is 2.61 bits per heavy atom. The second-order valence-electron chi connectivity index (χ2n) is 7.99. The van der Waals surface area contributed by atoms with Crippen molar-refractivity contribution in [2.75, 3.05) is 19.8 Å². The molecule has 3 heterocycles. The highest BCUT2D eigenvalue weighted by molar-refractivity contribution is 7.89. The number of H-pyrrole nitrogens is 1. The van der Waals surface area contributed by atoms with Crippen LogP contribution in [0.15, 0.2) is 11.2 Å². The fourth-order valence-electron chi connectivity index (χ4n) is 4.27. The normalized spacial score (nSPS) is 24.8. The van der Waals surface area contributed by atoms with Crippen molar-refractivity contribution in [1.29, 1.82) is 0 Å². The van der Waals surface area contributed by atoms with E-state index in [1.807, 2.05) is 0 Å². The molecule has 2 atom stereocenters. The van der Waals surface area contributed by atoms with Gasteiger partial charge in [-0.25, -0.2) is 18.4 Å². The first-order valence-corrected chi connectivity index (χ1v) is 11.3. The van der Waals surface area contributed by atoms with E-state index in [0.717, 1.165) is 18.7 Å². The molecule has 0 radical (unpaired) electrons. The van der Waals surface area contributed by atoms with Crippen LogP contribution in [-0.2, 0) is 17.1 Å². The van der Waals surface area contributed by atoms with E-state index in [1.165, 1.54) is 29.8 Å². The van der Waals surface area contributed by atoms with E-state index in [2.05, 4.69) is 20.2 Å². The number of alkyl halides is 1. The van der Waals surface area contributed by atoms with Gasteiger partial charge in [-0.1, -0.05) is 19.3 Å². The van der Waals surface area contributed by atoms with Crippen molar-refractivity contribution in [1.82, 2.24) is 29.0 Å². The molecular weight excluding hydrogens is 383 g/mol. The van der Waals surface area contributed by atoms with Gasteiger partial charge < -0.3 is 4.57 Å². The van der Waals surface area contributed by atoms with Gasteiger partial charge in [-0.3, -0.25) is 9.49 Å². The van der Waals surface area contributed by atoms with Gasteiger partial charge in [0.25, 0.3) is 10.0 Å². The molecule has 8 nitrogen and oxygen atoms in total. The zero-order chi connectivity index (χ0) is 19.9.